The quantitative estimate of drug-likeness (QED) is 0.635. The van der Waals surface area contributed by atoms with E-state index in [0.29, 0.717) is 24.8 Å². The Labute approximate surface area is 165 Å². The van der Waals surface area contributed by atoms with Crippen LogP contribution in [0.5, 0.6) is 0 Å². The second-order valence-corrected chi connectivity index (χ2v) is 8.44. The van der Waals surface area contributed by atoms with Crippen molar-refractivity contribution in [3.8, 4) is 0 Å². The van der Waals surface area contributed by atoms with Crippen molar-refractivity contribution in [3.05, 3.63) is 35.5 Å². The highest BCUT2D eigenvalue weighted by Gasteiger charge is 2.25. The summed E-state index contributed by atoms with van der Waals surface area (Å²) < 4.78 is 5.56. The molecule has 1 aliphatic rings. The first-order valence-corrected chi connectivity index (χ1v) is 10.3. The number of carbonyl (C=O) groups is 1. The van der Waals surface area contributed by atoms with Gasteiger partial charge in [-0.05, 0) is 71.3 Å². The fourth-order valence-corrected chi connectivity index (χ4v) is 3.36. The van der Waals surface area contributed by atoms with Gasteiger partial charge in [0.1, 0.15) is 6.10 Å². The summed E-state index contributed by atoms with van der Waals surface area (Å²) in [6.45, 7) is 12.9. The molecule has 0 saturated heterocycles. The maximum atomic E-state index is 11.9. The number of amides is 1. The zero-order valence-corrected chi connectivity index (χ0v) is 18.0. The molecule has 2 N–H and O–H groups in total. The lowest BCUT2D eigenvalue weighted by atomic mass is 9.86. The molecular formula is C23H39NO3. The lowest BCUT2D eigenvalue weighted by Crippen LogP contribution is -2.34. The van der Waals surface area contributed by atoms with Crippen molar-refractivity contribution in [1.29, 1.82) is 0 Å². The average molecular weight is 378 g/mol. The Kier molecular flexibility index (Phi) is 9.86. The molecule has 0 aromatic carbocycles. The van der Waals surface area contributed by atoms with Gasteiger partial charge in [0.25, 0.3) is 0 Å². The molecule has 1 amide bonds. The van der Waals surface area contributed by atoms with Gasteiger partial charge in [-0.2, -0.15) is 0 Å². The Balaban J connectivity index is 3.09. The van der Waals surface area contributed by atoms with E-state index in [9.17, 15) is 9.90 Å². The molecule has 0 saturated carbocycles. The standard InChI is InChI=1S/C23H39NO3/c1-7-24-22(25)27-21-15-19(5)10-8-9-18(4)11-12-20(17(2)3)13-14-23(6,26)16-21/h9,13-15,17,20-21,26H,7-8,10-12,16H2,1-6H3,(H,24,25)/b14-13+,18-9+,19-15?/t20-,21+,23+/m1/s1. The van der Waals surface area contributed by atoms with Crippen LogP contribution in [-0.2, 0) is 4.74 Å². The smallest absolute Gasteiger partial charge is 0.407 e. The highest BCUT2D eigenvalue weighted by Crippen LogP contribution is 2.26. The molecule has 0 fully saturated rings. The minimum atomic E-state index is -1.03. The Bertz CT molecular complexity index is 558. The van der Waals surface area contributed by atoms with Gasteiger partial charge < -0.3 is 15.2 Å². The van der Waals surface area contributed by atoms with E-state index < -0.39 is 17.8 Å². The molecule has 4 heteroatoms. The summed E-state index contributed by atoms with van der Waals surface area (Å²) >= 11 is 0. The van der Waals surface area contributed by atoms with Gasteiger partial charge >= 0.3 is 6.09 Å². The number of hydrogen-bond acceptors (Lipinski definition) is 3. The SMILES string of the molecule is CCNC(=O)O[C@H]1C=C(C)CC/C=C(\C)CC[C@@H](C(C)C)/C=C/[C@](C)(O)C1. The lowest BCUT2D eigenvalue weighted by Gasteiger charge is -2.26. The summed E-state index contributed by atoms with van der Waals surface area (Å²) in [6.07, 6.45) is 11.9. The number of alkyl carbamates (subject to hydrolysis) is 1. The van der Waals surface area contributed by atoms with Crippen LogP contribution in [0.25, 0.3) is 0 Å². The minimum absolute atomic E-state index is 0.345. The van der Waals surface area contributed by atoms with Crippen LogP contribution in [0, 0.1) is 11.8 Å². The van der Waals surface area contributed by atoms with Crippen LogP contribution < -0.4 is 5.32 Å². The summed E-state index contributed by atoms with van der Waals surface area (Å²) in [7, 11) is 0. The van der Waals surface area contributed by atoms with Gasteiger partial charge in [0.15, 0.2) is 0 Å². The second kappa shape index (κ2) is 11.3. The molecular weight excluding hydrogens is 338 g/mol. The highest BCUT2D eigenvalue weighted by atomic mass is 16.6. The Morgan fingerprint density at radius 3 is 2.67 bits per heavy atom. The van der Waals surface area contributed by atoms with Gasteiger partial charge in [-0.1, -0.05) is 43.2 Å². The van der Waals surface area contributed by atoms with E-state index in [4.69, 9.17) is 4.74 Å². The molecule has 1 aliphatic carbocycles. The molecule has 0 aromatic rings. The van der Waals surface area contributed by atoms with Crippen LogP contribution in [0.1, 0.15) is 73.6 Å². The number of carbonyl (C=O) groups excluding carboxylic acids is 1. The van der Waals surface area contributed by atoms with Crippen molar-refractivity contribution in [2.24, 2.45) is 11.8 Å². The monoisotopic (exact) mass is 377 g/mol. The maximum absolute atomic E-state index is 11.9. The lowest BCUT2D eigenvalue weighted by molar-refractivity contribution is 0.0430. The molecule has 27 heavy (non-hydrogen) atoms. The molecule has 0 heterocycles. The molecule has 0 spiro atoms. The topological polar surface area (TPSA) is 58.6 Å². The number of nitrogens with one attached hydrogen (secondary N) is 1. The van der Waals surface area contributed by atoms with E-state index in [-0.39, 0.29) is 0 Å². The summed E-state index contributed by atoms with van der Waals surface area (Å²) in [4.78, 5) is 11.9. The molecule has 0 aliphatic heterocycles. The van der Waals surface area contributed by atoms with Gasteiger partial charge in [-0.15, -0.1) is 0 Å². The summed E-state index contributed by atoms with van der Waals surface area (Å²) in [5.74, 6) is 0.935. The van der Waals surface area contributed by atoms with E-state index in [1.165, 1.54) is 11.1 Å². The second-order valence-electron chi connectivity index (χ2n) is 8.44. The third-order valence-electron chi connectivity index (χ3n) is 5.13. The first-order valence-electron chi connectivity index (χ1n) is 10.3. The van der Waals surface area contributed by atoms with Gasteiger partial charge in [-0.3, -0.25) is 0 Å². The van der Waals surface area contributed by atoms with Crippen LogP contribution in [0.3, 0.4) is 0 Å². The Hall–Kier alpha value is -1.55. The van der Waals surface area contributed by atoms with Crippen molar-refractivity contribution in [3.63, 3.8) is 0 Å². The summed E-state index contributed by atoms with van der Waals surface area (Å²) in [6, 6.07) is 0. The maximum Gasteiger partial charge on any atom is 0.407 e. The van der Waals surface area contributed by atoms with Gasteiger partial charge in [0, 0.05) is 13.0 Å². The molecule has 0 bridgehead atoms. The van der Waals surface area contributed by atoms with Crippen molar-refractivity contribution < 1.29 is 14.6 Å². The molecule has 0 aromatic heterocycles. The van der Waals surface area contributed by atoms with E-state index in [1.807, 2.05) is 19.1 Å². The normalized spacial score (nSPS) is 31.3. The van der Waals surface area contributed by atoms with Crippen LogP contribution in [0.2, 0.25) is 0 Å². The van der Waals surface area contributed by atoms with E-state index in [1.54, 1.807) is 6.92 Å². The first kappa shape index (κ1) is 23.5. The predicted molar refractivity (Wildman–Crippen MR) is 113 cm³/mol. The molecule has 0 unspecified atom stereocenters. The Morgan fingerprint density at radius 2 is 2.04 bits per heavy atom. The largest absolute Gasteiger partial charge is 0.442 e. The van der Waals surface area contributed by atoms with Crippen molar-refractivity contribution in [2.75, 3.05) is 6.54 Å². The van der Waals surface area contributed by atoms with Gasteiger partial charge in [0.05, 0.1) is 5.60 Å². The van der Waals surface area contributed by atoms with Gasteiger partial charge in [-0.25, -0.2) is 4.79 Å². The first-order chi connectivity index (χ1) is 12.6. The fraction of sp³-hybridized carbons (Fsp3) is 0.696. The van der Waals surface area contributed by atoms with Crippen molar-refractivity contribution >= 4 is 6.09 Å². The average Bonchev–Trinajstić information content (AvgIpc) is 2.53. The zero-order chi connectivity index (χ0) is 20.4. The van der Waals surface area contributed by atoms with Crippen LogP contribution in [0.4, 0.5) is 4.79 Å². The number of ether oxygens (including phenoxy) is 1. The van der Waals surface area contributed by atoms with Crippen LogP contribution in [0.15, 0.2) is 35.5 Å². The van der Waals surface area contributed by atoms with Crippen molar-refractivity contribution in [1.82, 2.24) is 5.32 Å². The predicted octanol–water partition coefficient (Wildman–Crippen LogP) is 5.54. The number of rotatable bonds is 3. The molecule has 4 nitrogen and oxygen atoms in total. The van der Waals surface area contributed by atoms with Crippen molar-refractivity contribution in [2.45, 2.75) is 85.4 Å². The molecule has 3 atom stereocenters. The Morgan fingerprint density at radius 1 is 1.33 bits per heavy atom. The molecule has 0 radical (unpaired) electrons. The number of aliphatic hydroxyl groups is 1. The van der Waals surface area contributed by atoms with Crippen LogP contribution in [-0.4, -0.2) is 29.4 Å². The molecule has 154 valence electrons. The van der Waals surface area contributed by atoms with E-state index >= 15 is 0 Å². The third-order valence-corrected chi connectivity index (χ3v) is 5.13. The third kappa shape index (κ3) is 9.81. The minimum Gasteiger partial charge on any atom is -0.442 e. The highest BCUT2D eigenvalue weighted by molar-refractivity contribution is 5.67. The fourth-order valence-electron chi connectivity index (χ4n) is 3.36. The number of hydrogen-bond donors (Lipinski definition) is 2. The van der Waals surface area contributed by atoms with E-state index in [2.05, 4.69) is 45.2 Å². The summed E-state index contributed by atoms with van der Waals surface area (Å²) in [5, 5.41) is 13.6. The summed E-state index contributed by atoms with van der Waals surface area (Å²) in [5.41, 5.74) is 1.56. The van der Waals surface area contributed by atoms with Gasteiger partial charge in [0.2, 0.25) is 0 Å². The molecule has 1 rings (SSSR count). The number of allylic oxidation sites excluding steroid dienone is 4. The van der Waals surface area contributed by atoms with Crippen LogP contribution >= 0.6 is 0 Å². The zero-order valence-electron chi connectivity index (χ0n) is 18.0. The van der Waals surface area contributed by atoms with E-state index in [0.717, 1.165) is 25.7 Å².